The number of carbonyl (C=O) groups excluding carboxylic acids is 1. The maximum atomic E-state index is 12.2. The predicted molar refractivity (Wildman–Crippen MR) is 102 cm³/mol. The number of halogens is 1. The molecule has 0 bridgehead atoms. The zero-order chi connectivity index (χ0) is 20.3. The number of nitrogens with zero attached hydrogens (tertiary/aromatic N) is 4. The standard InChI is InChI=1S/C17H10ClN5O5/c18-16-11(7-10-3-1-2-4-14(10)20-16)9-19-21-17(24)13-6-5-12(22(25)26)8-15(13)23(27)28/h1-9H,(H,21,24)/b19-9+. The second-order valence-corrected chi connectivity index (χ2v) is 5.83. The number of benzene rings is 2. The Hall–Kier alpha value is -3.92. The molecule has 0 saturated carbocycles. The predicted octanol–water partition coefficient (Wildman–Crippen LogP) is 3.47. The first-order valence-corrected chi connectivity index (χ1v) is 8.06. The fraction of sp³-hybridized carbons (Fsp3) is 0. The Morgan fingerprint density at radius 3 is 2.57 bits per heavy atom. The molecule has 3 aromatic rings. The summed E-state index contributed by atoms with van der Waals surface area (Å²) in [7, 11) is 0. The van der Waals surface area contributed by atoms with Crippen LogP contribution in [0.15, 0.2) is 53.6 Å². The van der Waals surface area contributed by atoms with Crippen molar-refractivity contribution in [3.63, 3.8) is 0 Å². The van der Waals surface area contributed by atoms with Crippen LogP contribution >= 0.6 is 11.6 Å². The Labute approximate surface area is 161 Å². The largest absolute Gasteiger partial charge is 0.289 e. The van der Waals surface area contributed by atoms with E-state index in [4.69, 9.17) is 11.6 Å². The van der Waals surface area contributed by atoms with Crippen molar-refractivity contribution in [2.75, 3.05) is 0 Å². The van der Waals surface area contributed by atoms with Crippen LogP contribution in [0.1, 0.15) is 15.9 Å². The number of nitrogens with one attached hydrogen (secondary N) is 1. The molecule has 0 unspecified atom stereocenters. The zero-order valence-electron chi connectivity index (χ0n) is 13.9. The molecule has 28 heavy (non-hydrogen) atoms. The van der Waals surface area contributed by atoms with Crippen LogP contribution in [0.3, 0.4) is 0 Å². The van der Waals surface area contributed by atoms with Gasteiger partial charge in [0.25, 0.3) is 17.3 Å². The quantitative estimate of drug-likeness (QED) is 0.301. The first-order valence-electron chi connectivity index (χ1n) is 7.68. The normalized spacial score (nSPS) is 10.9. The number of para-hydroxylation sites is 1. The van der Waals surface area contributed by atoms with Crippen molar-refractivity contribution in [2.24, 2.45) is 5.10 Å². The fourth-order valence-electron chi connectivity index (χ4n) is 2.40. The van der Waals surface area contributed by atoms with E-state index in [-0.39, 0.29) is 10.7 Å². The van der Waals surface area contributed by atoms with Gasteiger partial charge in [0.1, 0.15) is 10.7 Å². The van der Waals surface area contributed by atoms with Gasteiger partial charge in [-0.1, -0.05) is 29.8 Å². The van der Waals surface area contributed by atoms with Crippen molar-refractivity contribution in [3.8, 4) is 0 Å². The van der Waals surface area contributed by atoms with E-state index in [9.17, 15) is 25.0 Å². The average molecular weight is 400 g/mol. The molecule has 0 atom stereocenters. The minimum Gasteiger partial charge on any atom is -0.267 e. The van der Waals surface area contributed by atoms with E-state index in [1.807, 2.05) is 18.2 Å². The number of hydrogen-bond donors (Lipinski definition) is 1. The minimum atomic E-state index is -0.900. The zero-order valence-corrected chi connectivity index (χ0v) is 14.7. The lowest BCUT2D eigenvalue weighted by Gasteiger charge is -2.03. The minimum absolute atomic E-state index is 0.165. The molecule has 2 aromatic carbocycles. The Kier molecular flexibility index (Phi) is 5.23. The molecule has 1 heterocycles. The van der Waals surface area contributed by atoms with E-state index in [1.54, 1.807) is 12.1 Å². The first kappa shape index (κ1) is 18.9. The summed E-state index contributed by atoms with van der Waals surface area (Å²) in [5.41, 5.74) is 1.69. The third-order valence-electron chi connectivity index (χ3n) is 3.71. The van der Waals surface area contributed by atoms with E-state index in [1.165, 1.54) is 6.21 Å². The third-order valence-corrected chi connectivity index (χ3v) is 4.01. The molecule has 140 valence electrons. The molecule has 0 spiro atoms. The molecule has 0 fully saturated rings. The molecule has 0 radical (unpaired) electrons. The fourth-order valence-corrected chi connectivity index (χ4v) is 2.59. The summed E-state index contributed by atoms with van der Waals surface area (Å²) in [4.78, 5) is 36.6. The molecular formula is C17H10ClN5O5. The summed E-state index contributed by atoms with van der Waals surface area (Å²) in [5, 5.41) is 26.6. The highest BCUT2D eigenvalue weighted by Gasteiger charge is 2.23. The number of amides is 1. The maximum Gasteiger partial charge on any atom is 0.289 e. The summed E-state index contributed by atoms with van der Waals surface area (Å²) >= 11 is 6.08. The highest BCUT2D eigenvalue weighted by Crippen LogP contribution is 2.24. The van der Waals surface area contributed by atoms with Crippen LogP contribution in [-0.4, -0.2) is 27.0 Å². The van der Waals surface area contributed by atoms with Crippen molar-refractivity contribution < 1.29 is 14.6 Å². The number of carbonyl (C=O) groups is 1. The van der Waals surface area contributed by atoms with Crippen molar-refractivity contribution in [1.29, 1.82) is 0 Å². The van der Waals surface area contributed by atoms with E-state index in [0.717, 1.165) is 17.5 Å². The van der Waals surface area contributed by atoms with Crippen LogP contribution in [0.2, 0.25) is 5.15 Å². The molecule has 1 aromatic heterocycles. The van der Waals surface area contributed by atoms with Gasteiger partial charge in [-0.15, -0.1) is 0 Å². The van der Waals surface area contributed by atoms with Gasteiger partial charge in [-0.05, 0) is 18.2 Å². The van der Waals surface area contributed by atoms with E-state index in [0.29, 0.717) is 17.1 Å². The average Bonchev–Trinajstić information content (AvgIpc) is 2.67. The van der Waals surface area contributed by atoms with Crippen molar-refractivity contribution >= 4 is 46.0 Å². The van der Waals surface area contributed by atoms with E-state index >= 15 is 0 Å². The smallest absolute Gasteiger partial charge is 0.267 e. The first-order chi connectivity index (χ1) is 13.4. The molecule has 1 amide bonds. The third kappa shape index (κ3) is 3.91. The molecule has 10 nitrogen and oxygen atoms in total. The Bertz CT molecular complexity index is 1150. The molecule has 11 heteroatoms. The summed E-state index contributed by atoms with van der Waals surface area (Å²) < 4.78 is 0. The number of hydrogen-bond acceptors (Lipinski definition) is 7. The number of rotatable bonds is 5. The van der Waals surface area contributed by atoms with Gasteiger partial charge in [0.05, 0.1) is 27.6 Å². The number of fused-ring (bicyclic) bond motifs is 1. The van der Waals surface area contributed by atoms with Gasteiger partial charge in [-0.2, -0.15) is 5.10 Å². The second-order valence-electron chi connectivity index (χ2n) is 5.48. The topological polar surface area (TPSA) is 141 Å². The second kappa shape index (κ2) is 7.76. The Morgan fingerprint density at radius 1 is 1.11 bits per heavy atom. The molecule has 0 saturated heterocycles. The summed E-state index contributed by atoms with van der Waals surface area (Å²) in [6.07, 6.45) is 1.25. The lowest BCUT2D eigenvalue weighted by molar-refractivity contribution is -0.394. The summed E-state index contributed by atoms with van der Waals surface area (Å²) in [5.74, 6) is -0.900. The van der Waals surface area contributed by atoms with Crippen LogP contribution in [0, 0.1) is 20.2 Å². The van der Waals surface area contributed by atoms with E-state index in [2.05, 4.69) is 15.5 Å². The number of hydrazone groups is 1. The van der Waals surface area contributed by atoms with Crippen LogP contribution in [-0.2, 0) is 0 Å². The molecule has 0 aliphatic rings. The van der Waals surface area contributed by atoms with Gasteiger partial charge in [0.2, 0.25) is 0 Å². The number of nitro benzene ring substituents is 2. The van der Waals surface area contributed by atoms with Crippen LogP contribution in [0.5, 0.6) is 0 Å². The van der Waals surface area contributed by atoms with Crippen molar-refractivity contribution in [2.45, 2.75) is 0 Å². The van der Waals surface area contributed by atoms with Crippen molar-refractivity contribution in [1.82, 2.24) is 10.4 Å². The SMILES string of the molecule is O=C(N/N=C/c1cc2ccccc2nc1Cl)c1ccc([N+](=O)[O-])cc1[N+](=O)[O-]. The summed E-state index contributed by atoms with van der Waals surface area (Å²) in [6.45, 7) is 0. The lowest BCUT2D eigenvalue weighted by atomic mass is 10.1. The summed E-state index contributed by atoms with van der Waals surface area (Å²) in [6, 6.07) is 11.7. The van der Waals surface area contributed by atoms with Crippen LogP contribution < -0.4 is 5.43 Å². The van der Waals surface area contributed by atoms with Gasteiger partial charge < -0.3 is 0 Å². The molecular weight excluding hydrogens is 390 g/mol. The highest BCUT2D eigenvalue weighted by molar-refractivity contribution is 6.32. The van der Waals surface area contributed by atoms with Gasteiger partial charge >= 0.3 is 0 Å². The van der Waals surface area contributed by atoms with Gasteiger partial charge in [-0.3, -0.25) is 25.0 Å². The van der Waals surface area contributed by atoms with Gasteiger partial charge in [0, 0.05) is 17.0 Å². The maximum absolute atomic E-state index is 12.2. The molecule has 0 aliphatic carbocycles. The van der Waals surface area contributed by atoms with Crippen LogP contribution in [0.25, 0.3) is 10.9 Å². The monoisotopic (exact) mass is 399 g/mol. The number of non-ortho nitro benzene ring substituents is 1. The number of pyridine rings is 1. The van der Waals surface area contributed by atoms with Gasteiger partial charge in [-0.25, -0.2) is 10.4 Å². The van der Waals surface area contributed by atoms with Gasteiger partial charge in [0.15, 0.2) is 0 Å². The highest BCUT2D eigenvalue weighted by atomic mass is 35.5. The molecule has 3 rings (SSSR count). The Balaban J connectivity index is 1.83. The van der Waals surface area contributed by atoms with E-state index < -0.39 is 27.1 Å². The molecule has 0 aliphatic heterocycles. The van der Waals surface area contributed by atoms with Crippen molar-refractivity contribution in [3.05, 3.63) is 85.0 Å². The van der Waals surface area contributed by atoms with Crippen LogP contribution in [0.4, 0.5) is 11.4 Å². The molecule has 1 N–H and O–H groups in total. The lowest BCUT2D eigenvalue weighted by Crippen LogP contribution is -2.19. The number of nitro groups is 2. The Morgan fingerprint density at radius 2 is 1.86 bits per heavy atom. The number of aromatic nitrogens is 1.